The van der Waals surface area contributed by atoms with Crippen LogP contribution in [0.4, 0.5) is 0 Å². The molecule has 3 atom stereocenters. The Labute approximate surface area is 127 Å². The van der Waals surface area contributed by atoms with Gasteiger partial charge >= 0.3 is 0 Å². The van der Waals surface area contributed by atoms with Gasteiger partial charge in [-0.15, -0.1) is 0 Å². The summed E-state index contributed by atoms with van der Waals surface area (Å²) in [5.41, 5.74) is 1.55. The van der Waals surface area contributed by atoms with Crippen molar-refractivity contribution in [1.29, 1.82) is 0 Å². The maximum Gasteiger partial charge on any atom is 0.157 e. The second-order valence-corrected chi connectivity index (χ2v) is 10.0. The van der Waals surface area contributed by atoms with Gasteiger partial charge in [0.2, 0.25) is 0 Å². The Morgan fingerprint density at radius 3 is 2.40 bits per heavy atom. The summed E-state index contributed by atoms with van der Waals surface area (Å²) in [6.45, 7) is 7.35. The second-order valence-electron chi connectivity index (χ2n) is 8.96. The maximum absolute atomic E-state index is 4.87. The second kappa shape index (κ2) is 4.18. The lowest BCUT2D eigenvalue weighted by Crippen LogP contribution is -2.65. The smallest absolute Gasteiger partial charge is 0.157 e. The minimum Gasteiger partial charge on any atom is -0.359 e. The first kappa shape index (κ1) is 13.5. The van der Waals surface area contributed by atoms with Crippen molar-refractivity contribution in [2.45, 2.75) is 77.3 Å². The van der Waals surface area contributed by atoms with Crippen LogP contribution in [-0.4, -0.2) is 22.5 Å². The van der Waals surface area contributed by atoms with Crippen LogP contribution in [0.25, 0.3) is 0 Å². The third-order valence-electron chi connectivity index (χ3n) is 6.11. The first-order valence-electron chi connectivity index (χ1n) is 8.37. The van der Waals surface area contributed by atoms with E-state index in [1.807, 2.05) is 11.8 Å². The van der Waals surface area contributed by atoms with Crippen LogP contribution in [0.5, 0.6) is 0 Å². The van der Waals surface area contributed by atoms with Crippen LogP contribution in [-0.2, 0) is 0 Å². The molecule has 5 rings (SSSR count). The van der Waals surface area contributed by atoms with Crippen LogP contribution in [0.15, 0.2) is 4.99 Å². The van der Waals surface area contributed by atoms with Crippen LogP contribution >= 0.6 is 11.8 Å². The fraction of sp³-hybridized carbons (Fsp3) is 0.941. The molecule has 0 aromatic heterocycles. The lowest BCUT2D eigenvalue weighted by Gasteiger charge is -2.65. The molecule has 0 spiro atoms. The fourth-order valence-electron chi connectivity index (χ4n) is 6.51. The van der Waals surface area contributed by atoms with E-state index in [4.69, 9.17) is 4.99 Å². The highest BCUT2D eigenvalue weighted by atomic mass is 32.2. The number of rotatable bonds is 1. The number of aliphatic imine (C=N–C) groups is 1. The van der Waals surface area contributed by atoms with E-state index in [1.165, 1.54) is 55.9 Å². The SMILES string of the molecule is CC1CCSC(NC23CC4CC(C)(CC(C)(C4)C2)C3)=N1. The molecule has 1 heterocycles. The molecule has 2 nitrogen and oxygen atoms in total. The van der Waals surface area contributed by atoms with Gasteiger partial charge in [0.25, 0.3) is 0 Å². The summed E-state index contributed by atoms with van der Waals surface area (Å²) < 4.78 is 0. The quantitative estimate of drug-likeness (QED) is 0.783. The first-order valence-corrected chi connectivity index (χ1v) is 9.35. The molecule has 5 aliphatic rings. The molecule has 0 aromatic rings. The molecule has 1 aliphatic heterocycles. The van der Waals surface area contributed by atoms with Crippen LogP contribution in [0.3, 0.4) is 0 Å². The minimum absolute atomic E-state index is 0.367. The highest BCUT2D eigenvalue weighted by Gasteiger charge is 2.60. The zero-order valence-corrected chi connectivity index (χ0v) is 14.0. The van der Waals surface area contributed by atoms with Crippen molar-refractivity contribution in [3.8, 4) is 0 Å². The van der Waals surface area contributed by atoms with Gasteiger partial charge in [0, 0.05) is 11.3 Å². The molecule has 20 heavy (non-hydrogen) atoms. The summed E-state index contributed by atoms with van der Waals surface area (Å²) in [5, 5.41) is 5.21. The zero-order chi connectivity index (χ0) is 14.0. The van der Waals surface area contributed by atoms with Crippen molar-refractivity contribution in [2.24, 2.45) is 21.7 Å². The monoisotopic (exact) mass is 292 g/mol. The Balaban J connectivity index is 1.61. The molecule has 0 radical (unpaired) electrons. The molecule has 3 heteroatoms. The van der Waals surface area contributed by atoms with E-state index in [0.29, 0.717) is 22.4 Å². The third kappa shape index (κ3) is 2.20. The highest BCUT2D eigenvalue weighted by molar-refractivity contribution is 8.13. The number of thioether (sulfide) groups is 1. The van der Waals surface area contributed by atoms with Gasteiger partial charge in [0.15, 0.2) is 5.17 Å². The normalized spacial score (nSPS) is 53.9. The van der Waals surface area contributed by atoms with Gasteiger partial charge in [0.05, 0.1) is 6.04 Å². The third-order valence-corrected chi connectivity index (χ3v) is 7.03. The van der Waals surface area contributed by atoms with E-state index in [2.05, 4.69) is 26.1 Å². The Morgan fingerprint density at radius 2 is 1.80 bits per heavy atom. The Hall–Kier alpha value is -0.180. The number of hydrogen-bond acceptors (Lipinski definition) is 3. The Bertz CT molecular complexity index is 440. The molecule has 4 aliphatic carbocycles. The lowest BCUT2D eigenvalue weighted by atomic mass is 9.43. The number of nitrogens with zero attached hydrogens (tertiary/aromatic N) is 1. The summed E-state index contributed by atoms with van der Waals surface area (Å²) in [7, 11) is 0. The molecule has 4 saturated carbocycles. The molecular weight excluding hydrogens is 264 g/mol. The van der Waals surface area contributed by atoms with Gasteiger partial charge in [-0.25, -0.2) is 0 Å². The Kier molecular flexibility index (Phi) is 2.82. The average molecular weight is 292 g/mol. The van der Waals surface area contributed by atoms with E-state index >= 15 is 0 Å². The molecule has 0 aromatic carbocycles. The van der Waals surface area contributed by atoms with Crippen LogP contribution in [0.1, 0.15) is 65.7 Å². The minimum atomic E-state index is 0.367. The van der Waals surface area contributed by atoms with Crippen molar-refractivity contribution >= 4 is 16.9 Å². The number of hydrogen-bond donors (Lipinski definition) is 1. The molecule has 112 valence electrons. The molecule has 1 N–H and O–H groups in total. The van der Waals surface area contributed by atoms with Gasteiger partial charge < -0.3 is 5.32 Å². The molecule has 4 bridgehead atoms. The van der Waals surface area contributed by atoms with Crippen LogP contribution in [0, 0.1) is 16.7 Å². The molecular formula is C17H28N2S. The lowest BCUT2D eigenvalue weighted by molar-refractivity contribution is -0.111. The topological polar surface area (TPSA) is 24.4 Å². The van der Waals surface area contributed by atoms with Crippen molar-refractivity contribution < 1.29 is 0 Å². The largest absolute Gasteiger partial charge is 0.359 e. The summed E-state index contributed by atoms with van der Waals surface area (Å²) in [5.74, 6) is 2.20. The number of nitrogens with one attached hydrogen (secondary N) is 1. The summed E-state index contributed by atoms with van der Waals surface area (Å²) in [4.78, 5) is 4.87. The summed E-state index contributed by atoms with van der Waals surface area (Å²) in [6.07, 6.45) is 9.78. The maximum atomic E-state index is 4.87. The number of amidine groups is 1. The molecule has 0 saturated heterocycles. The predicted octanol–water partition coefficient (Wildman–Crippen LogP) is 4.21. The van der Waals surface area contributed by atoms with E-state index in [9.17, 15) is 0 Å². The first-order chi connectivity index (χ1) is 9.38. The van der Waals surface area contributed by atoms with Crippen LogP contribution < -0.4 is 5.32 Å². The van der Waals surface area contributed by atoms with Crippen molar-refractivity contribution in [1.82, 2.24) is 5.32 Å². The predicted molar refractivity (Wildman–Crippen MR) is 87.2 cm³/mol. The highest BCUT2D eigenvalue weighted by Crippen LogP contribution is 2.66. The van der Waals surface area contributed by atoms with Gasteiger partial charge in [-0.05, 0) is 68.6 Å². The summed E-state index contributed by atoms with van der Waals surface area (Å²) >= 11 is 1.95. The summed E-state index contributed by atoms with van der Waals surface area (Å²) in [6, 6.07) is 0.513. The van der Waals surface area contributed by atoms with Crippen molar-refractivity contribution in [3.63, 3.8) is 0 Å². The van der Waals surface area contributed by atoms with Crippen molar-refractivity contribution in [3.05, 3.63) is 0 Å². The van der Waals surface area contributed by atoms with E-state index in [-0.39, 0.29) is 0 Å². The van der Waals surface area contributed by atoms with Gasteiger partial charge in [0.1, 0.15) is 0 Å². The van der Waals surface area contributed by atoms with Gasteiger partial charge in [-0.2, -0.15) is 0 Å². The van der Waals surface area contributed by atoms with Crippen molar-refractivity contribution in [2.75, 3.05) is 5.75 Å². The van der Waals surface area contributed by atoms with E-state index in [1.54, 1.807) is 0 Å². The standard InChI is InChI=1S/C17H28N2S/c1-12-4-5-20-14(18-12)19-17-8-13-6-15(2,10-17)9-16(3,7-13)11-17/h12-13H,4-11H2,1-3H3,(H,18,19). The Morgan fingerprint density at radius 1 is 1.10 bits per heavy atom. The molecule has 4 fully saturated rings. The van der Waals surface area contributed by atoms with Gasteiger partial charge in [-0.3, -0.25) is 4.99 Å². The molecule has 3 unspecified atom stereocenters. The zero-order valence-electron chi connectivity index (χ0n) is 13.2. The van der Waals surface area contributed by atoms with E-state index in [0.717, 1.165) is 5.92 Å². The fourth-order valence-corrected chi connectivity index (χ4v) is 7.71. The van der Waals surface area contributed by atoms with E-state index < -0.39 is 0 Å². The average Bonchev–Trinajstić information content (AvgIpc) is 2.22. The van der Waals surface area contributed by atoms with Crippen LogP contribution in [0.2, 0.25) is 0 Å². The van der Waals surface area contributed by atoms with Gasteiger partial charge in [-0.1, -0.05) is 25.6 Å². The molecule has 0 amide bonds.